The highest BCUT2D eigenvalue weighted by Crippen LogP contribution is 2.02. The highest BCUT2D eigenvalue weighted by molar-refractivity contribution is 5.91. The number of amides is 1. The van der Waals surface area contributed by atoms with Gasteiger partial charge in [-0.25, -0.2) is 9.59 Å². The van der Waals surface area contributed by atoms with E-state index in [4.69, 9.17) is 4.74 Å². The van der Waals surface area contributed by atoms with Gasteiger partial charge in [0.1, 0.15) is 6.61 Å². The van der Waals surface area contributed by atoms with Crippen molar-refractivity contribution in [2.75, 3.05) is 13.2 Å². The van der Waals surface area contributed by atoms with Gasteiger partial charge in [0.25, 0.3) is 0 Å². The van der Waals surface area contributed by atoms with Crippen LogP contribution in [0.3, 0.4) is 0 Å². The van der Waals surface area contributed by atoms with E-state index in [1.165, 1.54) is 6.92 Å². The summed E-state index contributed by atoms with van der Waals surface area (Å²) in [6.07, 6.45) is 2.01. The topological polar surface area (TPSA) is 81.7 Å². The lowest BCUT2D eigenvalue weighted by Gasteiger charge is -2.20. The van der Waals surface area contributed by atoms with Crippen LogP contribution in [0.1, 0.15) is 27.7 Å². The molecule has 0 spiro atoms. The molecule has 1 atom stereocenters. The molecule has 0 fully saturated rings. The Hall–Kier alpha value is -1.85. The number of carbonyl (C=O) groups excluding carboxylic acids is 3. The summed E-state index contributed by atoms with van der Waals surface area (Å²) in [5.41, 5.74) is 0. The van der Waals surface area contributed by atoms with E-state index < -0.39 is 11.9 Å². The number of hydrogen-bond acceptors (Lipinski definition) is 5. The molecular weight excluding hydrogens is 250 g/mol. The number of ether oxygens (including phenoxy) is 2. The molecule has 0 bridgehead atoms. The standard InChI is InChI=1S/C13H21NO5/c1-5-18-12(16)6-7-13(17)19-8-11(9(2)3)14-10(4)15/h6-7,9,11H,5,8H2,1-4H3,(H,14,15)/b7-6+. The Labute approximate surface area is 113 Å². The Bertz CT molecular complexity index is 349. The fourth-order valence-corrected chi connectivity index (χ4v) is 1.21. The first-order valence-electron chi connectivity index (χ1n) is 6.15. The minimum Gasteiger partial charge on any atom is -0.463 e. The summed E-state index contributed by atoms with van der Waals surface area (Å²) in [6.45, 7) is 7.19. The van der Waals surface area contributed by atoms with Crippen LogP contribution in [0.2, 0.25) is 0 Å². The fourth-order valence-electron chi connectivity index (χ4n) is 1.21. The lowest BCUT2D eigenvalue weighted by atomic mass is 10.1. The summed E-state index contributed by atoms with van der Waals surface area (Å²) in [5, 5.41) is 2.69. The van der Waals surface area contributed by atoms with Crippen LogP contribution >= 0.6 is 0 Å². The van der Waals surface area contributed by atoms with Gasteiger partial charge in [-0.15, -0.1) is 0 Å². The Morgan fingerprint density at radius 1 is 1.11 bits per heavy atom. The average Bonchev–Trinajstić information content (AvgIpc) is 2.31. The van der Waals surface area contributed by atoms with Gasteiger partial charge in [-0.05, 0) is 12.8 Å². The third-order valence-electron chi connectivity index (χ3n) is 2.24. The van der Waals surface area contributed by atoms with Crippen LogP contribution in [0.5, 0.6) is 0 Å². The molecule has 0 aromatic carbocycles. The monoisotopic (exact) mass is 271 g/mol. The van der Waals surface area contributed by atoms with Crippen molar-refractivity contribution in [3.63, 3.8) is 0 Å². The lowest BCUT2D eigenvalue weighted by Crippen LogP contribution is -2.41. The zero-order chi connectivity index (χ0) is 14.8. The second kappa shape index (κ2) is 9.13. The third-order valence-corrected chi connectivity index (χ3v) is 2.24. The van der Waals surface area contributed by atoms with Gasteiger partial charge in [-0.1, -0.05) is 13.8 Å². The van der Waals surface area contributed by atoms with E-state index in [9.17, 15) is 14.4 Å². The predicted octanol–water partition coefficient (Wildman–Crippen LogP) is 0.810. The van der Waals surface area contributed by atoms with Crippen molar-refractivity contribution in [3.05, 3.63) is 12.2 Å². The van der Waals surface area contributed by atoms with E-state index >= 15 is 0 Å². The van der Waals surface area contributed by atoms with Crippen molar-refractivity contribution in [1.82, 2.24) is 5.32 Å². The van der Waals surface area contributed by atoms with Crippen LogP contribution in [0.25, 0.3) is 0 Å². The molecule has 108 valence electrons. The SMILES string of the molecule is CCOC(=O)/C=C/C(=O)OCC(NC(C)=O)C(C)C. The maximum absolute atomic E-state index is 11.3. The first kappa shape index (κ1) is 17.2. The number of esters is 2. The van der Waals surface area contributed by atoms with Gasteiger partial charge in [0.2, 0.25) is 5.91 Å². The summed E-state index contributed by atoms with van der Waals surface area (Å²) in [7, 11) is 0. The van der Waals surface area contributed by atoms with Crippen LogP contribution in [0, 0.1) is 5.92 Å². The van der Waals surface area contributed by atoms with E-state index in [1.807, 2.05) is 13.8 Å². The van der Waals surface area contributed by atoms with Crippen molar-refractivity contribution >= 4 is 17.8 Å². The highest BCUT2D eigenvalue weighted by atomic mass is 16.5. The van der Waals surface area contributed by atoms with E-state index in [0.717, 1.165) is 12.2 Å². The molecule has 0 aromatic heterocycles. The first-order chi connectivity index (χ1) is 8.86. The van der Waals surface area contributed by atoms with E-state index in [1.54, 1.807) is 6.92 Å². The van der Waals surface area contributed by atoms with Gasteiger partial charge in [-0.2, -0.15) is 0 Å². The van der Waals surface area contributed by atoms with Crippen molar-refractivity contribution in [2.24, 2.45) is 5.92 Å². The number of nitrogens with one attached hydrogen (secondary N) is 1. The number of carbonyl (C=O) groups is 3. The smallest absolute Gasteiger partial charge is 0.331 e. The summed E-state index contributed by atoms with van der Waals surface area (Å²) >= 11 is 0. The summed E-state index contributed by atoms with van der Waals surface area (Å²) in [6, 6.07) is -0.252. The van der Waals surface area contributed by atoms with Gasteiger partial charge in [0.15, 0.2) is 0 Å². The molecule has 1 unspecified atom stereocenters. The van der Waals surface area contributed by atoms with E-state index in [2.05, 4.69) is 10.1 Å². The Balaban J connectivity index is 4.18. The highest BCUT2D eigenvalue weighted by Gasteiger charge is 2.16. The van der Waals surface area contributed by atoms with Crippen LogP contribution in [0.4, 0.5) is 0 Å². The second-order valence-electron chi connectivity index (χ2n) is 4.27. The maximum Gasteiger partial charge on any atom is 0.331 e. The molecule has 1 N–H and O–H groups in total. The normalized spacial score (nSPS) is 12.3. The number of rotatable bonds is 7. The fraction of sp³-hybridized carbons (Fsp3) is 0.615. The lowest BCUT2D eigenvalue weighted by molar-refractivity contribution is -0.141. The van der Waals surface area contributed by atoms with E-state index in [-0.39, 0.29) is 31.1 Å². The molecule has 6 nitrogen and oxygen atoms in total. The van der Waals surface area contributed by atoms with Crippen LogP contribution < -0.4 is 5.32 Å². The van der Waals surface area contributed by atoms with Gasteiger partial charge in [0, 0.05) is 19.1 Å². The van der Waals surface area contributed by atoms with Crippen molar-refractivity contribution < 1.29 is 23.9 Å². The Kier molecular flexibility index (Phi) is 8.24. The molecule has 0 radical (unpaired) electrons. The van der Waals surface area contributed by atoms with Crippen molar-refractivity contribution in [1.29, 1.82) is 0 Å². The Morgan fingerprint density at radius 2 is 1.63 bits per heavy atom. The summed E-state index contributed by atoms with van der Waals surface area (Å²) in [4.78, 5) is 33.3. The van der Waals surface area contributed by atoms with Gasteiger partial charge >= 0.3 is 11.9 Å². The van der Waals surface area contributed by atoms with Gasteiger partial charge in [0.05, 0.1) is 12.6 Å². The molecule has 0 rings (SSSR count). The maximum atomic E-state index is 11.3. The molecule has 19 heavy (non-hydrogen) atoms. The van der Waals surface area contributed by atoms with Crippen molar-refractivity contribution in [2.45, 2.75) is 33.7 Å². The minimum absolute atomic E-state index is 0.0588. The molecule has 6 heteroatoms. The third kappa shape index (κ3) is 8.82. The molecule has 0 saturated carbocycles. The summed E-state index contributed by atoms with van der Waals surface area (Å²) in [5.74, 6) is -1.30. The quantitative estimate of drug-likeness (QED) is 0.547. The van der Waals surface area contributed by atoms with Crippen LogP contribution in [-0.4, -0.2) is 37.1 Å². The van der Waals surface area contributed by atoms with Gasteiger partial charge < -0.3 is 14.8 Å². The van der Waals surface area contributed by atoms with Crippen LogP contribution in [0.15, 0.2) is 12.2 Å². The minimum atomic E-state index is -0.649. The molecule has 0 heterocycles. The summed E-state index contributed by atoms with van der Waals surface area (Å²) < 4.78 is 9.56. The molecular formula is C13H21NO5. The zero-order valence-corrected chi connectivity index (χ0v) is 11.8. The first-order valence-corrected chi connectivity index (χ1v) is 6.15. The molecule has 0 aromatic rings. The van der Waals surface area contributed by atoms with Gasteiger partial charge in [-0.3, -0.25) is 4.79 Å². The Morgan fingerprint density at radius 3 is 2.05 bits per heavy atom. The number of hydrogen-bond donors (Lipinski definition) is 1. The second-order valence-corrected chi connectivity index (χ2v) is 4.27. The molecule has 0 aliphatic rings. The average molecular weight is 271 g/mol. The molecule has 1 amide bonds. The molecule has 0 aliphatic carbocycles. The van der Waals surface area contributed by atoms with Crippen molar-refractivity contribution in [3.8, 4) is 0 Å². The van der Waals surface area contributed by atoms with E-state index in [0.29, 0.717) is 0 Å². The van der Waals surface area contributed by atoms with Crippen LogP contribution in [-0.2, 0) is 23.9 Å². The predicted molar refractivity (Wildman–Crippen MR) is 69.2 cm³/mol. The molecule has 0 aliphatic heterocycles. The molecule has 0 saturated heterocycles. The largest absolute Gasteiger partial charge is 0.463 e. The zero-order valence-electron chi connectivity index (χ0n) is 11.8.